The molecule has 3 N–H and O–H groups in total. The van der Waals surface area contributed by atoms with Gasteiger partial charge in [-0.15, -0.1) is 0 Å². The highest BCUT2D eigenvalue weighted by Gasteiger charge is 2.19. The highest BCUT2D eigenvalue weighted by atomic mass is 16.6. The molecule has 0 saturated heterocycles. The number of primary amides is 1. The Kier molecular flexibility index (Phi) is 6.11. The number of nitrogens with one attached hydrogen (secondary N) is 1. The smallest absolute Gasteiger partial charge is 0.410 e. The van der Waals surface area contributed by atoms with Crippen LogP contribution in [0.4, 0.5) is 10.5 Å². The molecule has 1 aromatic heterocycles. The van der Waals surface area contributed by atoms with Gasteiger partial charge in [0.15, 0.2) is 0 Å². The van der Waals surface area contributed by atoms with Crippen LogP contribution in [0.25, 0.3) is 0 Å². The van der Waals surface area contributed by atoms with Crippen LogP contribution in [0.15, 0.2) is 17.1 Å². The van der Waals surface area contributed by atoms with Crippen LogP contribution in [-0.2, 0) is 16.1 Å². The van der Waals surface area contributed by atoms with Crippen molar-refractivity contribution in [1.29, 1.82) is 0 Å². The highest BCUT2D eigenvalue weighted by molar-refractivity contribution is 5.73. The fourth-order valence-electron chi connectivity index (χ4n) is 1.60. The first-order chi connectivity index (χ1) is 10.6. The number of carbonyl (C=O) groups excluding carboxylic acids is 2. The van der Waals surface area contributed by atoms with Crippen molar-refractivity contribution in [3.8, 4) is 0 Å². The summed E-state index contributed by atoms with van der Waals surface area (Å²) in [4.78, 5) is 35.7. The average molecular weight is 325 g/mol. The normalized spacial score (nSPS) is 11.0. The van der Waals surface area contributed by atoms with Gasteiger partial charge >= 0.3 is 6.09 Å². The monoisotopic (exact) mass is 325 g/mol. The zero-order chi connectivity index (χ0) is 17.6. The Hall–Kier alpha value is -2.58. The van der Waals surface area contributed by atoms with Gasteiger partial charge in [0, 0.05) is 26.2 Å². The number of ether oxygens (including phenoxy) is 1. The molecular formula is C14H23N5O4. The molecule has 1 rings (SSSR count). The largest absolute Gasteiger partial charge is 0.444 e. The third kappa shape index (κ3) is 6.81. The first-order valence-corrected chi connectivity index (χ1v) is 7.12. The van der Waals surface area contributed by atoms with Crippen molar-refractivity contribution in [3.63, 3.8) is 0 Å². The highest BCUT2D eigenvalue weighted by Crippen LogP contribution is 2.09. The van der Waals surface area contributed by atoms with E-state index in [0.717, 1.165) is 4.68 Å². The second-order valence-electron chi connectivity index (χ2n) is 6.04. The van der Waals surface area contributed by atoms with Gasteiger partial charge in [0.25, 0.3) is 5.56 Å². The minimum atomic E-state index is -0.640. The number of anilines is 1. The van der Waals surface area contributed by atoms with Gasteiger partial charge in [-0.1, -0.05) is 0 Å². The van der Waals surface area contributed by atoms with Crippen LogP contribution in [0.3, 0.4) is 0 Å². The van der Waals surface area contributed by atoms with Gasteiger partial charge in [-0.2, -0.15) is 5.10 Å². The van der Waals surface area contributed by atoms with Crippen molar-refractivity contribution < 1.29 is 14.3 Å². The maximum Gasteiger partial charge on any atom is 0.410 e. The summed E-state index contributed by atoms with van der Waals surface area (Å²) in [5.74, 6) is -0.640. The lowest BCUT2D eigenvalue weighted by Crippen LogP contribution is -2.36. The predicted molar refractivity (Wildman–Crippen MR) is 85.0 cm³/mol. The minimum Gasteiger partial charge on any atom is -0.444 e. The molecule has 0 aromatic carbocycles. The number of aromatic nitrogens is 2. The van der Waals surface area contributed by atoms with Crippen LogP contribution in [-0.4, -0.2) is 52.4 Å². The van der Waals surface area contributed by atoms with E-state index in [9.17, 15) is 14.4 Å². The van der Waals surface area contributed by atoms with E-state index in [4.69, 9.17) is 10.5 Å². The van der Waals surface area contributed by atoms with Crippen molar-refractivity contribution >= 4 is 17.7 Å². The molecule has 0 aliphatic heterocycles. The van der Waals surface area contributed by atoms with Gasteiger partial charge in [0.05, 0.1) is 11.9 Å². The minimum absolute atomic E-state index is 0.263. The average Bonchev–Trinajstić information content (AvgIpc) is 2.39. The van der Waals surface area contributed by atoms with E-state index < -0.39 is 23.2 Å². The van der Waals surface area contributed by atoms with Gasteiger partial charge in [-0.3, -0.25) is 9.59 Å². The summed E-state index contributed by atoms with van der Waals surface area (Å²) in [6, 6.07) is 1.31. The number of carbonyl (C=O) groups is 2. The van der Waals surface area contributed by atoms with E-state index in [1.807, 2.05) is 0 Å². The second kappa shape index (κ2) is 7.61. The standard InChI is InChI=1S/C14H23N5O4/c1-14(2,3)23-13(22)18(4)6-5-16-10-7-12(21)19(17-8-10)9-11(15)20/h7-8,16H,5-6,9H2,1-4H3,(H2,15,20). The van der Waals surface area contributed by atoms with E-state index >= 15 is 0 Å². The summed E-state index contributed by atoms with van der Waals surface area (Å²) < 4.78 is 6.20. The van der Waals surface area contributed by atoms with Crippen molar-refractivity contribution in [1.82, 2.24) is 14.7 Å². The third-order valence-corrected chi connectivity index (χ3v) is 2.66. The van der Waals surface area contributed by atoms with E-state index in [0.29, 0.717) is 18.8 Å². The van der Waals surface area contributed by atoms with Gasteiger partial charge < -0.3 is 20.7 Å². The van der Waals surface area contributed by atoms with Crippen molar-refractivity contribution in [2.45, 2.75) is 32.9 Å². The topological polar surface area (TPSA) is 120 Å². The molecule has 0 unspecified atom stereocenters. The Bertz CT molecular complexity index is 620. The molecule has 23 heavy (non-hydrogen) atoms. The number of rotatable bonds is 6. The Morgan fingerprint density at radius 3 is 2.61 bits per heavy atom. The van der Waals surface area contributed by atoms with E-state index in [2.05, 4.69) is 10.4 Å². The maximum absolute atomic E-state index is 11.8. The van der Waals surface area contributed by atoms with Crippen LogP contribution < -0.4 is 16.6 Å². The molecule has 2 amide bonds. The van der Waals surface area contributed by atoms with Crippen molar-refractivity contribution in [2.75, 3.05) is 25.5 Å². The quantitative estimate of drug-likeness (QED) is 0.760. The number of nitrogens with two attached hydrogens (primary N) is 1. The molecule has 128 valence electrons. The SMILES string of the molecule is CN(CCNc1cnn(CC(N)=O)c(=O)c1)C(=O)OC(C)(C)C. The fraction of sp³-hybridized carbons (Fsp3) is 0.571. The molecule has 1 aromatic rings. The lowest BCUT2D eigenvalue weighted by Gasteiger charge is -2.24. The summed E-state index contributed by atoms with van der Waals surface area (Å²) in [5.41, 5.74) is 4.52. The summed E-state index contributed by atoms with van der Waals surface area (Å²) in [6.45, 7) is 5.92. The van der Waals surface area contributed by atoms with Crippen molar-refractivity contribution in [2.24, 2.45) is 5.73 Å². The van der Waals surface area contributed by atoms with Gasteiger partial charge in [-0.25, -0.2) is 9.48 Å². The van der Waals surface area contributed by atoms with Crippen molar-refractivity contribution in [3.05, 3.63) is 22.6 Å². The van der Waals surface area contributed by atoms with Crippen LogP contribution in [0.5, 0.6) is 0 Å². The van der Waals surface area contributed by atoms with Gasteiger partial charge in [0.2, 0.25) is 5.91 Å². The predicted octanol–water partition coefficient (Wildman–Crippen LogP) is 0.00740. The van der Waals surface area contributed by atoms with Crippen LogP contribution in [0.2, 0.25) is 0 Å². The maximum atomic E-state index is 11.8. The summed E-state index contributed by atoms with van der Waals surface area (Å²) in [6.07, 6.45) is 0.993. The number of hydrogen-bond acceptors (Lipinski definition) is 6. The fourth-order valence-corrected chi connectivity index (χ4v) is 1.60. The number of amides is 2. The lowest BCUT2D eigenvalue weighted by molar-refractivity contribution is -0.118. The van der Waals surface area contributed by atoms with Crippen LogP contribution in [0.1, 0.15) is 20.8 Å². The van der Waals surface area contributed by atoms with Gasteiger partial charge in [-0.05, 0) is 20.8 Å². The number of likely N-dealkylation sites (N-methyl/N-ethyl adjacent to an activating group) is 1. The first-order valence-electron chi connectivity index (χ1n) is 7.12. The summed E-state index contributed by atoms with van der Waals surface area (Å²) >= 11 is 0. The van der Waals surface area contributed by atoms with Crippen LogP contribution >= 0.6 is 0 Å². The van der Waals surface area contributed by atoms with Crippen LogP contribution in [0, 0.1) is 0 Å². The molecule has 9 heteroatoms. The zero-order valence-corrected chi connectivity index (χ0v) is 13.8. The molecule has 0 fully saturated rings. The van der Waals surface area contributed by atoms with E-state index in [1.165, 1.54) is 17.2 Å². The Morgan fingerprint density at radius 2 is 2.09 bits per heavy atom. The molecule has 0 aliphatic carbocycles. The number of nitrogens with zero attached hydrogens (tertiary/aromatic N) is 3. The molecule has 1 heterocycles. The summed E-state index contributed by atoms with van der Waals surface area (Å²) in [5, 5.41) is 6.81. The molecular weight excluding hydrogens is 302 g/mol. The zero-order valence-electron chi connectivity index (χ0n) is 13.8. The van der Waals surface area contributed by atoms with Gasteiger partial charge in [0.1, 0.15) is 12.1 Å². The Labute approximate surface area is 134 Å². The molecule has 9 nitrogen and oxygen atoms in total. The second-order valence-corrected chi connectivity index (χ2v) is 6.04. The van der Waals surface area contributed by atoms with E-state index in [-0.39, 0.29) is 6.54 Å². The molecule has 0 bridgehead atoms. The number of hydrogen-bond donors (Lipinski definition) is 2. The molecule has 0 radical (unpaired) electrons. The Balaban J connectivity index is 2.50. The summed E-state index contributed by atoms with van der Waals surface area (Å²) in [7, 11) is 1.62. The van der Waals surface area contributed by atoms with E-state index in [1.54, 1.807) is 27.8 Å². The third-order valence-electron chi connectivity index (χ3n) is 2.66. The molecule has 0 aliphatic rings. The molecule has 0 saturated carbocycles. The first kappa shape index (κ1) is 18.5. The molecule has 0 atom stereocenters. The molecule has 0 spiro atoms. The lowest BCUT2D eigenvalue weighted by atomic mass is 10.2. The Morgan fingerprint density at radius 1 is 1.43 bits per heavy atom.